The van der Waals surface area contributed by atoms with Crippen molar-refractivity contribution in [3.63, 3.8) is 0 Å². The van der Waals surface area contributed by atoms with Crippen LogP contribution < -0.4 is 5.32 Å². The molecule has 1 N–H and O–H groups in total. The molecule has 3 rings (SSSR count). The van der Waals surface area contributed by atoms with Gasteiger partial charge in [-0.25, -0.2) is 24.9 Å². The SMILES string of the molecule is Cc1ccnc(SCC(=O)NCc2csc(-c3ncccn3)n2)n1. The molecule has 0 aliphatic rings. The number of aromatic nitrogens is 5. The third kappa shape index (κ3) is 4.56. The highest BCUT2D eigenvalue weighted by molar-refractivity contribution is 7.99. The predicted octanol–water partition coefficient (Wildman–Crippen LogP) is 2.11. The Morgan fingerprint density at radius 3 is 2.83 bits per heavy atom. The summed E-state index contributed by atoms with van der Waals surface area (Å²) < 4.78 is 0. The van der Waals surface area contributed by atoms with Gasteiger partial charge in [0.25, 0.3) is 0 Å². The van der Waals surface area contributed by atoms with E-state index in [0.717, 1.165) is 16.4 Å². The maximum absolute atomic E-state index is 11.9. The highest BCUT2D eigenvalue weighted by Gasteiger charge is 2.09. The summed E-state index contributed by atoms with van der Waals surface area (Å²) in [4.78, 5) is 33.0. The molecule has 9 heteroatoms. The summed E-state index contributed by atoms with van der Waals surface area (Å²) in [5, 5.41) is 6.07. The summed E-state index contributed by atoms with van der Waals surface area (Å²) in [5.74, 6) is 0.769. The standard InChI is InChI=1S/C15H14N6OS2/c1-10-3-6-18-15(20-10)24-9-12(22)19-7-11-8-23-14(21-11)13-16-4-2-5-17-13/h2-6,8H,7,9H2,1H3,(H,19,22). The van der Waals surface area contributed by atoms with Gasteiger partial charge in [-0.3, -0.25) is 4.79 Å². The van der Waals surface area contributed by atoms with Crippen LogP contribution in [0.3, 0.4) is 0 Å². The van der Waals surface area contributed by atoms with Crippen LogP contribution in [0.2, 0.25) is 0 Å². The number of nitrogens with zero attached hydrogens (tertiary/aromatic N) is 5. The third-order valence-corrected chi connectivity index (χ3v) is 4.63. The molecule has 0 radical (unpaired) electrons. The number of carbonyl (C=O) groups excluding carboxylic acids is 1. The average Bonchev–Trinajstić information content (AvgIpc) is 3.08. The summed E-state index contributed by atoms with van der Waals surface area (Å²) in [7, 11) is 0. The number of hydrogen-bond donors (Lipinski definition) is 1. The molecular weight excluding hydrogens is 344 g/mol. The van der Waals surface area contributed by atoms with E-state index in [4.69, 9.17) is 0 Å². The van der Waals surface area contributed by atoms with E-state index in [-0.39, 0.29) is 11.7 Å². The Bertz CT molecular complexity index is 824. The number of nitrogens with one attached hydrogen (secondary N) is 1. The zero-order valence-electron chi connectivity index (χ0n) is 12.8. The fourth-order valence-electron chi connectivity index (χ4n) is 1.77. The monoisotopic (exact) mass is 358 g/mol. The first-order chi connectivity index (χ1) is 11.7. The zero-order chi connectivity index (χ0) is 16.8. The van der Waals surface area contributed by atoms with Gasteiger partial charge in [0.15, 0.2) is 16.0 Å². The Morgan fingerprint density at radius 2 is 2.04 bits per heavy atom. The number of aryl methyl sites for hydroxylation is 1. The Kier molecular flexibility index (Phi) is 5.44. The highest BCUT2D eigenvalue weighted by Crippen LogP contribution is 2.19. The van der Waals surface area contributed by atoms with E-state index >= 15 is 0 Å². The Labute approximate surface area is 147 Å². The third-order valence-electron chi connectivity index (χ3n) is 2.88. The lowest BCUT2D eigenvalue weighted by Gasteiger charge is -2.03. The minimum absolute atomic E-state index is 0.0874. The van der Waals surface area contributed by atoms with Crippen LogP contribution in [0, 0.1) is 6.92 Å². The highest BCUT2D eigenvalue weighted by atomic mass is 32.2. The predicted molar refractivity (Wildman–Crippen MR) is 92.5 cm³/mol. The number of carbonyl (C=O) groups is 1. The molecular formula is C15H14N6OS2. The van der Waals surface area contributed by atoms with Crippen LogP contribution >= 0.6 is 23.1 Å². The molecule has 3 aromatic rings. The van der Waals surface area contributed by atoms with E-state index in [9.17, 15) is 4.79 Å². The van der Waals surface area contributed by atoms with E-state index in [2.05, 4.69) is 30.2 Å². The second kappa shape index (κ2) is 7.93. The van der Waals surface area contributed by atoms with Crippen LogP contribution in [-0.4, -0.2) is 36.6 Å². The summed E-state index contributed by atoms with van der Waals surface area (Å²) in [6.45, 7) is 2.26. The second-order valence-electron chi connectivity index (χ2n) is 4.76. The average molecular weight is 358 g/mol. The largest absolute Gasteiger partial charge is 0.350 e. The number of thiazole rings is 1. The van der Waals surface area contributed by atoms with Crippen molar-refractivity contribution in [1.82, 2.24) is 30.2 Å². The molecule has 24 heavy (non-hydrogen) atoms. The summed E-state index contributed by atoms with van der Waals surface area (Å²) in [6.07, 6.45) is 5.04. The first kappa shape index (κ1) is 16.5. The molecule has 3 aromatic heterocycles. The molecule has 0 unspecified atom stereocenters. The van der Waals surface area contributed by atoms with Crippen LogP contribution in [0.15, 0.2) is 41.3 Å². The molecule has 0 fully saturated rings. The van der Waals surface area contributed by atoms with Crippen LogP contribution in [0.25, 0.3) is 10.8 Å². The van der Waals surface area contributed by atoms with Gasteiger partial charge in [-0.05, 0) is 19.1 Å². The van der Waals surface area contributed by atoms with Crippen LogP contribution in [0.1, 0.15) is 11.4 Å². The van der Waals surface area contributed by atoms with Gasteiger partial charge in [-0.2, -0.15) is 0 Å². The fourth-order valence-corrected chi connectivity index (χ4v) is 3.24. The van der Waals surface area contributed by atoms with Gasteiger partial charge >= 0.3 is 0 Å². The summed E-state index contributed by atoms with van der Waals surface area (Å²) in [5.41, 5.74) is 1.67. The van der Waals surface area contributed by atoms with Crippen LogP contribution in [0.5, 0.6) is 0 Å². The molecule has 122 valence electrons. The van der Waals surface area contributed by atoms with Crippen molar-refractivity contribution in [3.05, 3.63) is 47.5 Å². The van der Waals surface area contributed by atoms with E-state index in [1.807, 2.05) is 18.4 Å². The first-order valence-corrected chi connectivity index (χ1v) is 8.98. The van der Waals surface area contributed by atoms with Gasteiger partial charge in [0.2, 0.25) is 5.91 Å². The van der Waals surface area contributed by atoms with E-state index in [1.165, 1.54) is 23.1 Å². The van der Waals surface area contributed by atoms with Crippen molar-refractivity contribution in [2.75, 3.05) is 5.75 Å². The van der Waals surface area contributed by atoms with Gasteiger partial charge in [0, 0.05) is 29.7 Å². The number of thioether (sulfide) groups is 1. The summed E-state index contributed by atoms with van der Waals surface area (Å²) >= 11 is 2.76. The van der Waals surface area contributed by atoms with E-state index in [1.54, 1.807) is 24.7 Å². The molecule has 0 aromatic carbocycles. The van der Waals surface area contributed by atoms with Crippen LogP contribution in [0.4, 0.5) is 0 Å². The van der Waals surface area contributed by atoms with Gasteiger partial charge < -0.3 is 5.32 Å². The quantitative estimate of drug-likeness (QED) is 0.533. The van der Waals surface area contributed by atoms with Crippen molar-refractivity contribution < 1.29 is 4.79 Å². The van der Waals surface area contributed by atoms with Gasteiger partial charge in [-0.15, -0.1) is 11.3 Å². The van der Waals surface area contributed by atoms with Crippen molar-refractivity contribution in [2.45, 2.75) is 18.6 Å². The lowest BCUT2D eigenvalue weighted by Crippen LogP contribution is -2.24. The molecule has 3 heterocycles. The minimum Gasteiger partial charge on any atom is -0.350 e. The minimum atomic E-state index is -0.0874. The molecule has 0 saturated heterocycles. The molecule has 7 nitrogen and oxygen atoms in total. The van der Waals surface area contributed by atoms with Gasteiger partial charge in [-0.1, -0.05) is 11.8 Å². The molecule has 0 spiro atoms. The van der Waals surface area contributed by atoms with Crippen molar-refractivity contribution in [2.24, 2.45) is 0 Å². The topological polar surface area (TPSA) is 93.6 Å². The smallest absolute Gasteiger partial charge is 0.230 e. The molecule has 0 atom stereocenters. The molecule has 1 amide bonds. The Hall–Kier alpha value is -2.39. The number of amides is 1. The number of rotatable bonds is 6. The van der Waals surface area contributed by atoms with Crippen molar-refractivity contribution in [1.29, 1.82) is 0 Å². The maximum atomic E-state index is 11.9. The van der Waals surface area contributed by atoms with Crippen molar-refractivity contribution >= 4 is 29.0 Å². The Morgan fingerprint density at radius 1 is 1.21 bits per heavy atom. The lowest BCUT2D eigenvalue weighted by molar-refractivity contribution is -0.118. The van der Waals surface area contributed by atoms with E-state index < -0.39 is 0 Å². The van der Waals surface area contributed by atoms with Crippen molar-refractivity contribution in [3.8, 4) is 10.8 Å². The fraction of sp³-hybridized carbons (Fsp3) is 0.200. The van der Waals surface area contributed by atoms with Gasteiger partial charge in [0.05, 0.1) is 18.0 Å². The molecule has 0 bridgehead atoms. The summed E-state index contributed by atoms with van der Waals surface area (Å²) in [6, 6.07) is 3.58. The maximum Gasteiger partial charge on any atom is 0.230 e. The molecule has 0 aliphatic heterocycles. The molecule has 0 saturated carbocycles. The number of hydrogen-bond acceptors (Lipinski definition) is 8. The lowest BCUT2D eigenvalue weighted by atomic mass is 10.4. The first-order valence-electron chi connectivity index (χ1n) is 7.11. The second-order valence-corrected chi connectivity index (χ2v) is 6.56. The molecule has 0 aliphatic carbocycles. The van der Waals surface area contributed by atoms with Crippen LogP contribution in [-0.2, 0) is 11.3 Å². The normalized spacial score (nSPS) is 10.5. The Balaban J connectivity index is 1.49. The zero-order valence-corrected chi connectivity index (χ0v) is 14.5. The van der Waals surface area contributed by atoms with E-state index in [0.29, 0.717) is 17.5 Å². The van der Waals surface area contributed by atoms with Gasteiger partial charge in [0.1, 0.15) is 0 Å².